The van der Waals surface area contributed by atoms with Crippen LogP contribution in [0.15, 0.2) is 18.2 Å². The summed E-state index contributed by atoms with van der Waals surface area (Å²) in [6, 6.07) is 4.85. The Hall–Kier alpha value is -1.13. The summed E-state index contributed by atoms with van der Waals surface area (Å²) in [5, 5.41) is 0. The van der Waals surface area contributed by atoms with Crippen LogP contribution in [0.5, 0.6) is 5.75 Å². The molecule has 0 bridgehead atoms. The second-order valence-electron chi connectivity index (χ2n) is 3.89. The number of halogens is 1. The van der Waals surface area contributed by atoms with Gasteiger partial charge in [0, 0.05) is 25.7 Å². The van der Waals surface area contributed by atoms with Crippen molar-refractivity contribution in [2.24, 2.45) is 0 Å². The molecule has 3 nitrogen and oxygen atoms in total. The van der Waals surface area contributed by atoms with Gasteiger partial charge in [0.1, 0.15) is 11.6 Å². The summed E-state index contributed by atoms with van der Waals surface area (Å²) in [6.45, 7) is 7.20. The molecule has 0 heterocycles. The van der Waals surface area contributed by atoms with E-state index in [0.29, 0.717) is 37.6 Å². The first-order valence-corrected chi connectivity index (χ1v) is 6.29. The van der Waals surface area contributed by atoms with Crippen LogP contribution in [0, 0.1) is 12.7 Å². The zero-order chi connectivity index (χ0) is 13.4. The van der Waals surface area contributed by atoms with E-state index in [1.165, 1.54) is 6.07 Å². The predicted molar refractivity (Wildman–Crippen MR) is 68.3 cm³/mol. The first-order chi connectivity index (χ1) is 8.67. The van der Waals surface area contributed by atoms with Gasteiger partial charge >= 0.3 is 0 Å². The molecule has 0 atom stereocenters. The fraction of sp³-hybridized carbons (Fsp3) is 0.571. The van der Waals surface area contributed by atoms with Gasteiger partial charge in [-0.2, -0.15) is 0 Å². The van der Waals surface area contributed by atoms with Crippen molar-refractivity contribution in [3.8, 4) is 5.75 Å². The van der Waals surface area contributed by atoms with Crippen molar-refractivity contribution >= 4 is 0 Å². The van der Waals surface area contributed by atoms with Crippen molar-refractivity contribution in [1.82, 2.24) is 0 Å². The first kappa shape index (κ1) is 14.9. The number of rotatable bonds is 8. The third-order valence-corrected chi connectivity index (χ3v) is 2.47. The minimum atomic E-state index is -0.254. The molecule has 0 N–H and O–H groups in total. The fourth-order valence-electron chi connectivity index (χ4n) is 1.52. The lowest BCUT2D eigenvalue weighted by molar-refractivity contribution is -0.142. The molecule has 0 saturated carbocycles. The molecule has 18 heavy (non-hydrogen) atoms. The van der Waals surface area contributed by atoms with E-state index in [4.69, 9.17) is 14.2 Å². The minimum absolute atomic E-state index is 0.251. The molecule has 1 aromatic carbocycles. The molecule has 0 aliphatic rings. The molecule has 0 saturated heterocycles. The number of hydrogen-bond acceptors (Lipinski definition) is 3. The summed E-state index contributed by atoms with van der Waals surface area (Å²) in [4.78, 5) is 0. The van der Waals surface area contributed by atoms with E-state index in [9.17, 15) is 4.39 Å². The van der Waals surface area contributed by atoms with E-state index in [1.807, 2.05) is 13.8 Å². The van der Waals surface area contributed by atoms with E-state index in [1.54, 1.807) is 19.1 Å². The van der Waals surface area contributed by atoms with E-state index in [2.05, 4.69) is 0 Å². The molecule has 0 aromatic heterocycles. The van der Waals surface area contributed by atoms with Gasteiger partial charge in [-0.15, -0.1) is 0 Å². The van der Waals surface area contributed by atoms with E-state index in [-0.39, 0.29) is 12.1 Å². The minimum Gasteiger partial charge on any atom is -0.493 e. The van der Waals surface area contributed by atoms with Crippen LogP contribution in [0.2, 0.25) is 0 Å². The van der Waals surface area contributed by atoms with Crippen LogP contribution in [-0.4, -0.2) is 26.1 Å². The van der Waals surface area contributed by atoms with Crippen LogP contribution >= 0.6 is 0 Å². The molecule has 1 aromatic rings. The number of ether oxygens (including phenoxy) is 3. The molecular weight excluding hydrogens is 235 g/mol. The third kappa shape index (κ3) is 5.02. The molecule has 0 unspecified atom stereocenters. The topological polar surface area (TPSA) is 27.7 Å². The van der Waals surface area contributed by atoms with Gasteiger partial charge in [-0.25, -0.2) is 4.39 Å². The van der Waals surface area contributed by atoms with Crippen molar-refractivity contribution < 1.29 is 18.6 Å². The van der Waals surface area contributed by atoms with Gasteiger partial charge in [-0.05, 0) is 32.4 Å². The van der Waals surface area contributed by atoms with Gasteiger partial charge in [-0.3, -0.25) is 0 Å². The van der Waals surface area contributed by atoms with Gasteiger partial charge in [0.15, 0.2) is 6.29 Å². The molecule has 0 amide bonds. The van der Waals surface area contributed by atoms with Gasteiger partial charge in [0.25, 0.3) is 0 Å². The molecule has 102 valence electrons. The average molecular weight is 256 g/mol. The highest BCUT2D eigenvalue weighted by Crippen LogP contribution is 2.16. The summed E-state index contributed by atoms with van der Waals surface area (Å²) >= 11 is 0. The van der Waals surface area contributed by atoms with E-state index in [0.717, 1.165) is 0 Å². The van der Waals surface area contributed by atoms with Crippen LogP contribution < -0.4 is 4.74 Å². The van der Waals surface area contributed by atoms with Crippen molar-refractivity contribution in [3.05, 3.63) is 29.6 Å². The normalized spacial score (nSPS) is 10.9. The van der Waals surface area contributed by atoms with Crippen LogP contribution in [0.1, 0.15) is 25.8 Å². The van der Waals surface area contributed by atoms with Crippen molar-refractivity contribution in [1.29, 1.82) is 0 Å². The molecule has 0 aliphatic heterocycles. The second-order valence-corrected chi connectivity index (χ2v) is 3.89. The first-order valence-electron chi connectivity index (χ1n) is 6.29. The second kappa shape index (κ2) is 8.06. The molecule has 0 fully saturated rings. The fourth-order valence-corrected chi connectivity index (χ4v) is 1.52. The van der Waals surface area contributed by atoms with Crippen LogP contribution in [-0.2, 0) is 9.47 Å². The van der Waals surface area contributed by atoms with Crippen molar-refractivity contribution in [2.75, 3.05) is 19.8 Å². The summed E-state index contributed by atoms with van der Waals surface area (Å²) in [7, 11) is 0. The van der Waals surface area contributed by atoms with Gasteiger partial charge in [0.2, 0.25) is 0 Å². The van der Waals surface area contributed by atoms with E-state index < -0.39 is 0 Å². The number of benzene rings is 1. The third-order valence-electron chi connectivity index (χ3n) is 2.47. The number of hydrogen-bond donors (Lipinski definition) is 0. The smallest absolute Gasteiger partial charge is 0.160 e. The lowest BCUT2D eigenvalue weighted by Crippen LogP contribution is -2.20. The van der Waals surface area contributed by atoms with Gasteiger partial charge in [0.05, 0.1) is 6.61 Å². The molecular formula is C14H21FO3. The Morgan fingerprint density at radius 3 is 2.39 bits per heavy atom. The monoisotopic (exact) mass is 256 g/mol. The standard InChI is InChI=1S/C14H21FO3/c1-4-16-14(17-5-2)8-9-18-12-7-6-11(3)13(15)10-12/h6-7,10,14H,4-5,8-9H2,1-3H3. The summed E-state index contributed by atoms with van der Waals surface area (Å²) in [5.41, 5.74) is 0.615. The Labute approximate surface area is 108 Å². The van der Waals surface area contributed by atoms with Crippen molar-refractivity contribution in [2.45, 2.75) is 33.5 Å². The summed E-state index contributed by atoms with van der Waals surface area (Å²) < 4.78 is 29.5. The molecule has 0 spiro atoms. The maximum Gasteiger partial charge on any atom is 0.160 e. The molecule has 0 aliphatic carbocycles. The lowest BCUT2D eigenvalue weighted by Gasteiger charge is -2.17. The Morgan fingerprint density at radius 2 is 1.83 bits per heavy atom. The van der Waals surface area contributed by atoms with Crippen LogP contribution in [0.4, 0.5) is 4.39 Å². The summed E-state index contributed by atoms with van der Waals surface area (Å²) in [6.07, 6.45) is 0.368. The predicted octanol–water partition coefficient (Wildman–Crippen LogP) is 3.30. The van der Waals surface area contributed by atoms with Crippen molar-refractivity contribution in [3.63, 3.8) is 0 Å². The highest BCUT2D eigenvalue weighted by Gasteiger charge is 2.08. The Balaban J connectivity index is 2.37. The lowest BCUT2D eigenvalue weighted by atomic mass is 10.2. The Morgan fingerprint density at radius 1 is 1.17 bits per heavy atom. The molecule has 1 rings (SSSR count). The largest absolute Gasteiger partial charge is 0.493 e. The average Bonchev–Trinajstić information content (AvgIpc) is 2.34. The van der Waals surface area contributed by atoms with Gasteiger partial charge < -0.3 is 14.2 Å². The maximum absolute atomic E-state index is 13.3. The highest BCUT2D eigenvalue weighted by atomic mass is 19.1. The van der Waals surface area contributed by atoms with Gasteiger partial charge in [-0.1, -0.05) is 6.07 Å². The Kier molecular flexibility index (Phi) is 6.68. The zero-order valence-corrected chi connectivity index (χ0v) is 11.2. The van der Waals surface area contributed by atoms with Crippen LogP contribution in [0.3, 0.4) is 0 Å². The SMILES string of the molecule is CCOC(CCOc1ccc(C)c(F)c1)OCC. The molecule has 4 heteroatoms. The maximum atomic E-state index is 13.3. The van der Waals surface area contributed by atoms with E-state index >= 15 is 0 Å². The summed E-state index contributed by atoms with van der Waals surface area (Å²) in [5.74, 6) is 0.281. The number of aryl methyl sites for hydroxylation is 1. The molecule has 0 radical (unpaired) electrons. The zero-order valence-electron chi connectivity index (χ0n) is 11.2. The Bertz CT molecular complexity index is 349. The van der Waals surface area contributed by atoms with Crippen LogP contribution in [0.25, 0.3) is 0 Å². The highest BCUT2D eigenvalue weighted by molar-refractivity contribution is 5.27. The quantitative estimate of drug-likeness (QED) is 0.668.